The number of aryl methyl sites for hydroxylation is 1. The van der Waals surface area contributed by atoms with E-state index in [1.54, 1.807) is 19.5 Å². The van der Waals surface area contributed by atoms with E-state index in [0.29, 0.717) is 0 Å². The lowest BCUT2D eigenvalue weighted by Crippen LogP contribution is -2.06. The van der Waals surface area contributed by atoms with E-state index in [4.69, 9.17) is 0 Å². The first-order chi connectivity index (χ1) is 7.52. The minimum absolute atomic E-state index is 0.816. The second-order valence-corrected chi connectivity index (χ2v) is 7.38. The van der Waals surface area contributed by atoms with Crippen LogP contribution < -0.4 is 5.30 Å². The standard InChI is InChI=1S/C12H15N2OP/c1-4-12-13-8-9-10(14-12)6-5-7-11(9)16(2,3)15/h5-8H,4H2,1-3H3. The summed E-state index contributed by atoms with van der Waals surface area (Å²) in [5, 5.41) is 1.78. The first kappa shape index (κ1) is 11.3. The molecule has 0 atom stereocenters. The molecule has 3 nitrogen and oxygen atoms in total. The van der Waals surface area contributed by atoms with Crippen LogP contribution >= 0.6 is 7.14 Å². The molecular weight excluding hydrogens is 219 g/mol. The van der Waals surface area contributed by atoms with E-state index in [1.807, 2.05) is 25.1 Å². The molecule has 4 heteroatoms. The number of fused-ring (bicyclic) bond motifs is 1. The topological polar surface area (TPSA) is 42.9 Å². The van der Waals surface area contributed by atoms with Gasteiger partial charge in [0.25, 0.3) is 0 Å². The van der Waals surface area contributed by atoms with E-state index in [0.717, 1.165) is 28.5 Å². The van der Waals surface area contributed by atoms with Crippen molar-refractivity contribution in [2.45, 2.75) is 13.3 Å². The molecule has 2 aromatic rings. The van der Waals surface area contributed by atoms with Crippen LogP contribution in [0.25, 0.3) is 10.9 Å². The fraction of sp³-hybridized carbons (Fsp3) is 0.333. The number of hydrogen-bond donors (Lipinski definition) is 0. The van der Waals surface area contributed by atoms with Crippen molar-refractivity contribution in [2.75, 3.05) is 13.3 Å². The summed E-state index contributed by atoms with van der Waals surface area (Å²) < 4.78 is 12.1. The van der Waals surface area contributed by atoms with E-state index in [1.165, 1.54) is 0 Å². The van der Waals surface area contributed by atoms with Gasteiger partial charge in [-0.3, -0.25) is 0 Å². The van der Waals surface area contributed by atoms with Crippen molar-refractivity contribution in [2.24, 2.45) is 0 Å². The summed E-state index contributed by atoms with van der Waals surface area (Å²) in [6, 6.07) is 5.75. The van der Waals surface area contributed by atoms with Crippen LogP contribution in [0.5, 0.6) is 0 Å². The Balaban J connectivity index is 2.75. The van der Waals surface area contributed by atoms with Gasteiger partial charge in [0.05, 0.1) is 5.52 Å². The maximum atomic E-state index is 12.1. The lowest BCUT2D eigenvalue weighted by Gasteiger charge is -2.10. The number of rotatable bonds is 2. The highest BCUT2D eigenvalue weighted by atomic mass is 31.2. The molecule has 0 bridgehead atoms. The fourth-order valence-electron chi connectivity index (χ4n) is 1.72. The largest absolute Gasteiger partial charge is 0.319 e. The van der Waals surface area contributed by atoms with Crippen molar-refractivity contribution < 1.29 is 4.57 Å². The second-order valence-electron chi connectivity index (χ2n) is 4.20. The summed E-state index contributed by atoms with van der Waals surface area (Å²) in [7, 11) is -2.27. The maximum Gasteiger partial charge on any atom is 0.128 e. The molecule has 1 aromatic heterocycles. The van der Waals surface area contributed by atoms with Gasteiger partial charge in [0, 0.05) is 23.3 Å². The highest BCUT2D eigenvalue weighted by Gasteiger charge is 2.15. The van der Waals surface area contributed by atoms with Crippen LogP contribution in [0.15, 0.2) is 24.4 Å². The fourth-order valence-corrected chi connectivity index (χ4v) is 2.92. The Labute approximate surface area is 95.3 Å². The highest BCUT2D eigenvalue weighted by molar-refractivity contribution is 7.70. The molecular formula is C12H15N2OP. The summed E-state index contributed by atoms with van der Waals surface area (Å²) in [5.41, 5.74) is 0.883. The quantitative estimate of drug-likeness (QED) is 0.749. The van der Waals surface area contributed by atoms with Crippen LogP contribution in [-0.4, -0.2) is 23.3 Å². The van der Waals surface area contributed by atoms with Gasteiger partial charge in [-0.15, -0.1) is 0 Å². The number of benzene rings is 1. The van der Waals surface area contributed by atoms with Gasteiger partial charge in [0.15, 0.2) is 0 Å². The van der Waals surface area contributed by atoms with Gasteiger partial charge in [-0.25, -0.2) is 9.97 Å². The van der Waals surface area contributed by atoms with Gasteiger partial charge in [-0.1, -0.05) is 19.1 Å². The number of aromatic nitrogens is 2. The van der Waals surface area contributed by atoms with E-state index in [2.05, 4.69) is 9.97 Å². The molecule has 0 fully saturated rings. The zero-order valence-corrected chi connectivity index (χ0v) is 10.7. The molecule has 16 heavy (non-hydrogen) atoms. The molecule has 0 aliphatic rings. The van der Waals surface area contributed by atoms with E-state index in [9.17, 15) is 4.57 Å². The Kier molecular flexibility index (Phi) is 2.81. The SMILES string of the molecule is CCc1ncc2c(P(C)(C)=O)cccc2n1. The Morgan fingerprint density at radius 3 is 2.69 bits per heavy atom. The highest BCUT2D eigenvalue weighted by Crippen LogP contribution is 2.36. The lowest BCUT2D eigenvalue weighted by molar-refractivity contribution is 0.588. The van der Waals surface area contributed by atoms with Crippen molar-refractivity contribution in [1.82, 2.24) is 9.97 Å². The van der Waals surface area contributed by atoms with Gasteiger partial charge in [-0.2, -0.15) is 0 Å². The molecule has 1 heterocycles. The van der Waals surface area contributed by atoms with Crippen LogP contribution in [0.2, 0.25) is 0 Å². The van der Waals surface area contributed by atoms with Crippen LogP contribution in [0.4, 0.5) is 0 Å². The van der Waals surface area contributed by atoms with Crippen molar-refractivity contribution >= 4 is 23.3 Å². The minimum atomic E-state index is -2.27. The van der Waals surface area contributed by atoms with E-state index in [-0.39, 0.29) is 0 Å². The molecule has 0 spiro atoms. The molecule has 0 N–H and O–H groups in total. The normalized spacial score (nSPS) is 11.9. The van der Waals surface area contributed by atoms with E-state index >= 15 is 0 Å². The summed E-state index contributed by atoms with van der Waals surface area (Å²) in [5.74, 6) is 0.826. The molecule has 0 saturated heterocycles. The summed E-state index contributed by atoms with van der Waals surface area (Å²) in [4.78, 5) is 8.70. The Hall–Kier alpha value is -1.21. The zero-order valence-electron chi connectivity index (χ0n) is 9.77. The minimum Gasteiger partial charge on any atom is -0.319 e. The first-order valence-electron chi connectivity index (χ1n) is 5.32. The van der Waals surface area contributed by atoms with Crippen molar-refractivity contribution in [3.05, 3.63) is 30.2 Å². The molecule has 0 radical (unpaired) electrons. The van der Waals surface area contributed by atoms with Crippen LogP contribution in [0.3, 0.4) is 0 Å². The second kappa shape index (κ2) is 3.99. The molecule has 84 valence electrons. The summed E-state index contributed by atoms with van der Waals surface area (Å²) >= 11 is 0. The molecule has 0 aliphatic carbocycles. The average molecular weight is 234 g/mol. The molecule has 1 aromatic carbocycles. The lowest BCUT2D eigenvalue weighted by atomic mass is 10.2. The zero-order chi connectivity index (χ0) is 11.8. The van der Waals surface area contributed by atoms with Gasteiger partial charge < -0.3 is 4.57 Å². The summed E-state index contributed by atoms with van der Waals surface area (Å²) in [6.07, 6.45) is 2.60. The van der Waals surface area contributed by atoms with Gasteiger partial charge in [0.2, 0.25) is 0 Å². The first-order valence-corrected chi connectivity index (χ1v) is 7.92. The Morgan fingerprint density at radius 1 is 1.31 bits per heavy atom. The predicted molar refractivity (Wildman–Crippen MR) is 68.0 cm³/mol. The van der Waals surface area contributed by atoms with Crippen molar-refractivity contribution in [3.63, 3.8) is 0 Å². The molecule has 0 saturated carbocycles. The van der Waals surface area contributed by atoms with Crippen molar-refractivity contribution in [3.8, 4) is 0 Å². The Bertz CT molecular complexity index is 574. The third-order valence-corrected chi connectivity index (χ3v) is 4.10. The predicted octanol–water partition coefficient (Wildman–Crippen LogP) is 2.44. The maximum absolute atomic E-state index is 12.1. The molecule has 2 rings (SSSR count). The molecule has 0 unspecified atom stereocenters. The summed E-state index contributed by atoms with van der Waals surface area (Å²) in [6.45, 7) is 5.57. The van der Waals surface area contributed by atoms with E-state index < -0.39 is 7.14 Å². The average Bonchev–Trinajstić information content (AvgIpc) is 2.26. The third-order valence-electron chi connectivity index (χ3n) is 2.55. The van der Waals surface area contributed by atoms with Crippen LogP contribution in [0, 0.1) is 0 Å². The van der Waals surface area contributed by atoms with Crippen LogP contribution in [-0.2, 0) is 11.0 Å². The molecule has 0 aliphatic heterocycles. The van der Waals surface area contributed by atoms with Gasteiger partial charge >= 0.3 is 0 Å². The monoisotopic (exact) mass is 234 g/mol. The number of hydrogen-bond acceptors (Lipinski definition) is 3. The van der Waals surface area contributed by atoms with Crippen LogP contribution in [0.1, 0.15) is 12.7 Å². The van der Waals surface area contributed by atoms with Gasteiger partial charge in [0.1, 0.15) is 13.0 Å². The van der Waals surface area contributed by atoms with Crippen molar-refractivity contribution in [1.29, 1.82) is 0 Å². The number of nitrogens with zero attached hydrogens (tertiary/aromatic N) is 2. The smallest absolute Gasteiger partial charge is 0.128 e. The molecule has 0 amide bonds. The third kappa shape index (κ3) is 2.00. The Morgan fingerprint density at radius 2 is 2.06 bits per heavy atom. The van der Waals surface area contributed by atoms with Gasteiger partial charge in [-0.05, 0) is 19.4 Å².